The monoisotopic (exact) mass is 313 g/mol. The summed E-state index contributed by atoms with van der Waals surface area (Å²) in [4.78, 5) is 2.31. The number of aryl methyl sites for hydroxylation is 1. The second-order valence-corrected chi connectivity index (χ2v) is 6.27. The summed E-state index contributed by atoms with van der Waals surface area (Å²) in [5.74, 6) is 2.83. The van der Waals surface area contributed by atoms with Crippen molar-refractivity contribution >= 4 is 17.6 Å². The average molecular weight is 313 g/mol. The van der Waals surface area contributed by atoms with Crippen LogP contribution in [0.4, 0.5) is 11.5 Å². The highest BCUT2D eigenvalue weighted by atomic mass is 16.5. The predicted molar refractivity (Wildman–Crippen MR) is 95.4 cm³/mol. The van der Waals surface area contributed by atoms with Gasteiger partial charge in [-0.1, -0.05) is 30.3 Å². The second kappa shape index (κ2) is 4.71. The molecule has 2 aliphatic heterocycles. The number of nitrogens with zero attached hydrogens (tertiary/aromatic N) is 2. The molecule has 0 bridgehead atoms. The number of ether oxygens (including phenoxy) is 1. The summed E-state index contributed by atoms with van der Waals surface area (Å²) >= 11 is 0. The smallest absolute Gasteiger partial charge is 0.330 e. The Bertz CT molecular complexity index is 1020. The Balaban J connectivity index is 1.92. The Hall–Kier alpha value is -3.07. The molecule has 0 spiro atoms. The van der Waals surface area contributed by atoms with Crippen molar-refractivity contribution in [3.8, 4) is 22.6 Å². The summed E-state index contributed by atoms with van der Waals surface area (Å²) in [5.41, 5.74) is 5.97. The molecule has 0 fully saturated rings. The van der Waals surface area contributed by atoms with Crippen molar-refractivity contribution in [1.82, 2.24) is 0 Å². The van der Waals surface area contributed by atoms with Gasteiger partial charge < -0.3 is 4.74 Å². The van der Waals surface area contributed by atoms with Gasteiger partial charge in [-0.2, -0.15) is 4.90 Å². The van der Waals surface area contributed by atoms with Crippen LogP contribution in [0, 0.1) is 0 Å². The normalized spacial score (nSPS) is 13.9. The third-order valence-electron chi connectivity index (χ3n) is 4.73. The van der Waals surface area contributed by atoms with Crippen molar-refractivity contribution in [3.63, 3.8) is 0 Å². The van der Waals surface area contributed by atoms with E-state index in [1.54, 1.807) is 0 Å². The quantitative estimate of drug-likeness (QED) is 0.554. The topological polar surface area (TPSA) is 16.4 Å². The molecule has 3 heteroatoms. The van der Waals surface area contributed by atoms with Crippen LogP contribution in [0.2, 0.25) is 0 Å². The molecule has 0 aliphatic carbocycles. The zero-order valence-corrected chi connectivity index (χ0v) is 13.7. The van der Waals surface area contributed by atoms with Gasteiger partial charge >= 0.3 is 5.82 Å². The van der Waals surface area contributed by atoms with E-state index >= 15 is 0 Å². The standard InChI is InChI=1S/C21H17N2O/c1-14-13-15-7-3-4-8-16(15)17-9-5-10-18-20(17)23(14)21-19(24-18)11-6-12-22(21)2/h3-13H,1-2H3/q+1. The SMILES string of the molecule is CC1=Cc2ccccc2-c2cccc3c2N1c1c(ccc[n+]1C)O3. The van der Waals surface area contributed by atoms with Gasteiger partial charge in [-0.3, -0.25) is 0 Å². The van der Waals surface area contributed by atoms with Gasteiger partial charge in [0.1, 0.15) is 5.70 Å². The molecule has 2 aliphatic rings. The van der Waals surface area contributed by atoms with Crippen molar-refractivity contribution in [3.05, 3.63) is 72.1 Å². The molecule has 0 atom stereocenters. The molecule has 0 radical (unpaired) electrons. The predicted octanol–water partition coefficient (Wildman–Crippen LogP) is 4.80. The van der Waals surface area contributed by atoms with Crippen molar-refractivity contribution in [1.29, 1.82) is 0 Å². The first kappa shape index (κ1) is 13.4. The molecule has 1 aromatic heterocycles. The largest absolute Gasteiger partial charge is 0.444 e. The van der Waals surface area contributed by atoms with Crippen molar-refractivity contribution in [2.24, 2.45) is 7.05 Å². The number of hydrogen-bond donors (Lipinski definition) is 0. The van der Waals surface area contributed by atoms with E-state index in [4.69, 9.17) is 4.74 Å². The summed E-state index contributed by atoms with van der Waals surface area (Å²) in [6.45, 7) is 2.16. The molecule has 0 N–H and O–H groups in total. The van der Waals surface area contributed by atoms with Crippen LogP contribution in [0.3, 0.4) is 0 Å². The van der Waals surface area contributed by atoms with E-state index < -0.39 is 0 Å². The maximum absolute atomic E-state index is 6.23. The van der Waals surface area contributed by atoms with Gasteiger partial charge in [0.05, 0.1) is 13.2 Å². The zero-order valence-electron chi connectivity index (χ0n) is 13.7. The van der Waals surface area contributed by atoms with Crippen LogP contribution in [0.5, 0.6) is 11.5 Å². The summed E-state index contributed by atoms with van der Waals surface area (Å²) < 4.78 is 8.35. The molecule has 3 heterocycles. The van der Waals surface area contributed by atoms with E-state index in [1.165, 1.54) is 22.4 Å². The minimum absolute atomic E-state index is 0.878. The van der Waals surface area contributed by atoms with E-state index in [0.29, 0.717) is 0 Å². The number of benzene rings is 2. The van der Waals surface area contributed by atoms with Gasteiger partial charge in [-0.15, -0.1) is 0 Å². The Kier molecular flexibility index (Phi) is 2.63. The average Bonchev–Trinajstić information content (AvgIpc) is 2.72. The highest BCUT2D eigenvalue weighted by molar-refractivity contribution is 5.96. The minimum Gasteiger partial charge on any atom is -0.444 e. The van der Waals surface area contributed by atoms with Crippen LogP contribution in [-0.4, -0.2) is 0 Å². The number of rotatable bonds is 0. The van der Waals surface area contributed by atoms with Crippen LogP contribution in [0.25, 0.3) is 17.2 Å². The van der Waals surface area contributed by atoms with E-state index in [1.807, 2.05) is 18.2 Å². The molecule has 24 heavy (non-hydrogen) atoms. The maximum atomic E-state index is 6.23. The fraction of sp³-hybridized carbons (Fsp3) is 0.0952. The maximum Gasteiger partial charge on any atom is 0.330 e. The molecular weight excluding hydrogens is 296 g/mol. The molecule has 2 aromatic carbocycles. The fourth-order valence-corrected chi connectivity index (χ4v) is 3.70. The lowest BCUT2D eigenvalue weighted by atomic mass is 9.98. The molecule has 0 amide bonds. The number of fused-ring (bicyclic) bond motifs is 4. The van der Waals surface area contributed by atoms with E-state index in [0.717, 1.165) is 23.0 Å². The van der Waals surface area contributed by atoms with E-state index in [2.05, 4.69) is 72.1 Å². The van der Waals surface area contributed by atoms with Gasteiger partial charge in [0.2, 0.25) is 5.75 Å². The Morgan fingerprint density at radius 1 is 0.875 bits per heavy atom. The summed E-state index contributed by atoms with van der Waals surface area (Å²) in [7, 11) is 2.06. The summed E-state index contributed by atoms with van der Waals surface area (Å²) in [6, 6.07) is 18.9. The molecular formula is C21H17N2O+. The molecule has 0 unspecified atom stereocenters. The van der Waals surface area contributed by atoms with E-state index in [-0.39, 0.29) is 0 Å². The Morgan fingerprint density at radius 3 is 2.58 bits per heavy atom. The van der Waals surface area contributed by atoms with Gasteiger partial charge in [-0.25, -0.2) is 4.57 Å². The number of pyridine rings is 1. The number of hydrogen-bond acceptors (Lipinski definition) is 2. The van der Waals surface area contributed by atoms with Crippen LogP contribution in [-0.2, 0) is 7.05 Å². The molecule has 116 valence electrons. The summed E-state index contributed by atoms with van der Waals surface area (Å²) in [5, 5.41) is 0. The first-order chi connectivity index (χ1) is 11.7. The number of aromatic nitrogens is 1. The minimum atomic E-state index is 0.878. The first-order valence-corrected chi connectivity index (χ1v) is 8.11. The van der Waals surface area contributed by atoms with Crippen molar-refractivity contribution in [2.75, 3.05) is 4.90 Å². The van der Waals surface area contributed by atoms with Gasteiger partial charge in [-0.05, 0) is 48.4 Å². The van der Waals surface area contributed by atoms with Crippen LogP contribution in [0.1, 0.15) is 12.5 Å². The fourth-order valence-electron chi connectivity index (χ4n) is 3.70. The lowest BCUT2D eigenvalue weighted by molar-refractivity contribution is -0.658. The molecule has 5 rings (SSSR count). The lowest BCUT2D eigenvalue weighted by Gasteiger charge is -2.27. The second-order valence-electron chi connectivity index (χ2n) is 6.27. The van der Waals surface area contributed by atoms with Crippen molar-refractivity contribution in [2.45, 2.75) is 6.92 Å². The molecule has 3 nitrogen and oxygen atoms in total. The van der Waals surface area contributed by atoms with Crippen molar-refractivity contribution < 1.29 is 9.30 Å². The van der Waals surface area contributed by atoms with Crippen LogP contribution < -0.4 is 14.2 Å². The number of para-hydroxylation sites is 1. The Labute approximate surface area is 141 Å². The third kappa shape index (κ3) is 1.69. The highest BCUT2D eigenvalue weighted by Gasteiger charge is 2.38. The number of anilines is 2. The van der Waals surface area contributed by atoms with Crippen LogP contribution >= 0.6 is 0 Å². The Morgan fingerprint density at radius 2 is 1.67 bits per heavy atom. The summed E-state index contributed by atoms with van der Waals surface area (Å²) in [6.07, 6.45) is 4.31. The first-order valence-electron chi connectivity index (χ1n) is 8.11. The van der Waals surface area contributed by atoms with Crippen LogP contribution in [0.15, 0.2) is 66.5 Å². The number of allylic oxidation sites excluding steroid dienone is 1. The zero-order chi connectivity index (χ0) is 16.3. The third-order valence-corrected chi connectivity index (χ3v) is 4.73. The van der Waals surface area contributed by atoms with E-state index in [9.17, 15) is 0 Å². The molecule has 3 aromatic rings. The highest BCUT2D eigenvalue weighted by Crippen LogP contribution is 2.52. The van der Waals surface area contributed by atoms with Gasteiger partial charge in [0.15, 0.2) is 11.4 Å². The van der Waals surface area contributed by atoms with Gasteiger partial charge in [0.25, 0.3) is 0 Å². The van der Waals surface area contributed by atoms with Gasteiger partial charge in [0, 0.05) is 5.56 Å². The molecule has 0 saturated carbocycles. The lowest BCUT2D eigenvalue weighted by Crippen LogP contribution is -2.37. The molecule has 0 saturated heterocycles.